The first-order valence-electron chi connectivity index (χ1n) is 19.2. The van der Waals surface area contributed by atoms with Crippen LogP contribution in [0.25, 0.3) is 54.6 Å². The zero-order chi connectivity index (χ0) is 37.3. The summed E-state index contributed by atoms with van der Waals surface area (Å²) >= 11 is 0. The second-order valence-electron chi connectivity index (χ2n) is 14.2. The van der Waals surface area contributed by atoms with E-state index >= 15 is 0 Å². The molecule has 56 heavy (non-hydrogen) atoms. The lowest BCUT2D eigenvalue weighted by molar-refractivity contribution is 1.29. The van der Waals surface area contributed by atoms with E-state index in [2.05, 4.69) is 240 Å². The predicted molar refractivity (Wildman–Crippen MR) is 239 cm³/mol. The summed E-state index contributed by atoms with van der Waals surface area (Å²) < 4.78 is 0. The normalized spacial score (nSPS) is 11.2. The van der Waals surface area contributed by atoms with Crippen LogP contribution in [0.3, 0.4) is 0 Å². The fourth-order valence-electron chi connectivity index (χ4n) is 8.26. The Morgan fingerprint density at radius 2 is 0.589 bits per heavy atom. The summed E-state index contributed by atoms with van der Waals surface area (Å²) in [6.45, 7) is 0. The highest BCUT2D eigenvalue weighted by Gasteiger charge is 2.22. The molecule has 264 valence electrons. The van der Waals surface area contributed by atoms with Gasteiger partial charge in [0.2, 0.25) is 0 Å². The van der Waals surface area contributed by atoms with Crippen molar-refractivity contribution in [3.63, 3.8) is 0 Å². The van der Waals surface area contributed by atoms with Gasteiger partial charge in [-0.3, -0.25) is 0 Å². The van der Waals surface area contributed by atoms with Crippen molar-refractivity contribution in [1.82, 2.24) is 0 Å². The SMILES string of the molecule is c1ccc(-c2c3ccc(N(c4ccccc4)c4ccccc4)cc3c(-c3ccc4ccccc4c3)c3ccc(N(c4ccccc4)c4ccccc4)cc23)cc1. The van der Waals surface area contributed by atoms with E-state index in [9.17, 15) is 0 Å². The average molecular weight is 715 g/mol. The Kier molecular flexibility index (Phi) is 8.55. The number of hydrogen-bond donors (Lipinski definition) is 0. The molecule has 0 saturated heterocycles. The smallest absolute Gasteiger partial charge is 0.0468 e. The zero-order valence-corrected chi connectivity index (χ0v) is 30.8. The number of hydrogen-bond acceptors (Lipinski definition) is 2. The summed E-state index contributed by atoms with van der Waals surface area (Å²) in [5.41, 5.74) is 11.5. The highest BCUT2D eigenvalue weighted by molar-refractivity contribution is 6.23. The number of nitrogens with zero attached hydrogens (tertiary/aromatic N) is 2. The Morgan fingerprint density at radius 1 is 0.214 bits per heavy atom. The number of para-hydroxylation sites is 4. The maximum atomic E-state index is 2.40. The van der Waals surface area contributed by atoms with Gasteiger partial charge in [-0.1, -0.05) is 152 Å². The highest BCUT2D eigenvalue weighted by Crippen LogP contribution is 2.48. The summed E-state index contributed by atoms with van der Waals surface area (Å²) in [5, 5.41) is 7.28. The molecule has 0 heterocycles. The van der Waals surface area contributed by atoms with Crippen molar-refractivity contribution in [3.8, 4) is 22.3 Å². The third-order valence-electron chi connectivity index (χ3n) is 10.8. The number of fused-ring (bicyclic) bond motifs is 3. The van der Waals surface area contributed by atoms with Crippen molar-refractivity contribution in [2.24, 2.45) is 0 Å². The van der Waals surface area contributed by atoms with Crippen LogP contribution in [0.15, 0.2) is 231 Å². The lowest BCUT2D eigenvalue weighted by Gasteiger charge is -2.28. The molecule has 0 aliphatic carbocycles. The Hall–Kier alpha value is -7.42. The van der Waals surface area contributed by atoms with Gasteiger partial charge in [0.25, 0.3) is 0 Å². The van der Waals surface area contributed by atoms with Crippen LogP contribution in [-0.4, -0.2) is 0 Å². The summed E-state index contributed by atoms with van der Waals surface area (Å²) in [6.07, 6.45) is 0. The van der Waals surface area contributed by atoms with Crippen LogP contribution in [0.1, 0.15) is 0 Å². The van der Waals surface area contributed by atoms with Gasteiger partial charge in [0.15, 0.2) is 0 Å². The van der Waals surface area contributed by atoms with Gasteiger partial charge in [0.1, 0.15) is 0 Å². The van der Waals surface area contributed by atoms with E-state index in [0.717, 1.165) is 34.1 Å². The molecule has 0 unspecified atom stereocenters. The van der Waals surface area contributed by atoms with Gasteiger partial charge in [0, 0.05) is 34.1 Å². The van der Waals surface area contributed by atoms with E-state index in [-0.39, 0.29) is 0 Å². The molecule has 10 aromatic carbocycles. The van der Waals surface area contributed by atoms with Crippen molar-refractivity contribution in [1.29, 1.82) is 0 Å². The fraction of sp³-hybridized carbons (Fsp3) is 0. The quantitative estimate of drug-likeness (QED) is 0.145. The van der Waals surface area contributed by atoms with Gasteiger partial charge in [-0.05, 0) is 133 Å². The first kappa shape index (κ1) is 33.2. The minimum absolute atomic E-state index is 1.10. The van der Waals surface area contributed by atoms with Gasteiger partial charge >= 0.3 is 0 Å². The molecule has 2 heteroatoms. The maximum Gasteiger partial charge on any atom is 0.0468 e. The molecule has 0 aliphatic heterocycles. The standard InChI is InChI=1S/C54H38N2/c1-6-19-40(20-7-1)53-49-34-32-48(56(45-26-12-4-13-27-45)46-28-14-5-15-29-46)38-52(49)54(42-31-30-39-18-16-17-21-41(39)36-42)50-35-33-47(37-51(50)53)55(43-22-8-2-9-23-43)44-24-10-3-11-25-44/h1-38H. The molecule has 0 bridgehead atoms. The van der Waals surface area contributed by atoms with Gasteiger partial charge in [-0.2, -0.15) is 0 Å². The van der Waals surface area contributed by atoms with Crippen molar-refractivity contribution >= 4 is 66.4 Å². The van der Waals surface area contributed by atoms with Crippen LogP contribution in [0.2, 0.25) is 0 Å². The van der Waals surface area contributed by atoms with Crippen LogP contribution >= 0.6 is 0 Å². The van der Waals surface area contributed by atoms with Crippen molar-refractivity contribution in [3.05, 3.63) is 231 Å². The Morgan fingerprint density at radius 3 is 1.04 bits per heavy atom. The molecule has 0 saturated carbocycles. The van der Waals surface area contributed by atoms with Gasteiger partial charge < -0.3 is 9.80 Å². The van der Waals surface area contributed by atoms with Crippen molar-refractivity contribution < 1.29 is 0 Å². The minimum atomic E-state index is 1.10. The minimum Gasteiger partial charge on any atom is -0.310 e. The topological polar surface area (TPSA) is 6.48 Å². The largest absolute Gasteiger partial charge is 0.310 e. The zero-order valence-electron chi connectivity index (χ0n) is 30.8. The lowest BCUT2D eigenvalue weighted by Crippen LogP contribution is -2.10. The lowest BCUT2D eigenvalue weighted by atomic mass is 9.85. The van der Waals surface area contributed by atoms with Gasteiger partial charge in [-0.25, -0.2) is 0 Å². The molecule has 0 aliphatic rings. The monoisotopic (exact) mass is 714 g/mol. The molecule has 0 amide bonds. The Bertz CT molecular complexity index is 2870. The number of benzene rings is 10. The Balaban J connectivity index is 1.31. The van der Waals surface area contributed by atoms with Crippen LogP contribution in [0.4, 0.5) is 34.1 Å². The van der Waals surface area contributed by atoms with E-state index in [0.29, 0.717) is 0 Å². The van der Waals surface area contributed by atoms with Crippen LogP contribution in [0, 0.1) is 0 Å². The first-order valence-corrected chi connectivity index (χ1v) is 19.2. The molecule has 2 nitrogen and oxygen atoms in total. The molecule has 0 N–H and O–H groups in total. The molecule has 0 spiro atoms. The molecule has 10 aromatic rings. The Labute approximate surface area is 327 Å². The molecule has 0 atom stereocenters. The van der Waals surface area contributed by atoms with E-state index in [4.69, 9.17) is 0 Å². The van der Waals surface area contributed by atoms with Crippen LogP contribution < -0.4 is 9.80 Å². The van der Waals surface area contributed by atoms with E-state index in [1.165, 1.54) is 54.6 Å². The molecule has 0 radical (unpaired) electrons. The molecular weight excluding hydrogens is 677 g/mol. The summed E-state index contributed by atoms with van der Waals surface area (Å²) in [4.78, 5) is 4.71. The van der Waals surface area contributed by atoms with Crippen LogP contribution in [0.5, 0.6) is 0 Å². The highest BCUT2D eigenvalue weighted by atomic mass is 15.1. The average Bonchev–Trinajstić information content (AvgIpc) is 3.27. The first-order chi connectivity index (χ1) is 27.8. The third-order valence-corrected chi connectivity index (χ3v) is 10.8. The maximum absolute atomic E-state index is 2.40. The molecule has 0 aromatic heterocycles. The number of rotatable bonds is 8. The number of anilines is 6. The third kappa shape index (κ3) is 6.04. The van der Waals surface area contributed by atoms with Crippen LogP contribution in [-0.2, 0) is 0 Å². The summed E-state index contributed by atoms with van der Waals surface area (Å²) in [7, 11) is 0. The molecule has 10 rings (SSSR count). The molecular formula is C54H38N2. The summed E-state index contributed by atoms with van der Waals surface area (Å²) in [6, 6.07) is 83.2. The fourth-order valence-corrected chi connectivity index (χ4v) is 8.26. The van der Waals surface area contributed by atoms with Gasteiger partial charge in [0.05, 0.1) is 0 Å². The van der Waals surface area contributed by atoms with E-state index in [1.807, 2.05) is 0 Å². The predicted octanol–water partition coefficient (Wildman–Crippen LogP) is 15.4. The van der Waals surface area contributed by atoms with Crippen molar-refractivity contribution in [2.45, 2.75) is 0 Å². The molecule has 0 fully saturated rings. The van der Waals surface area contributed by atoms with Crippen molar-refractivity contribution in [2.75, 3.05) is 9.80 Å². The van der Waals surface area contributed by atoms with Gasteiger partial charge in [-0.15, -0.1) is 0 Å². The second-order valence-corrected chi connectivity index (χ2v) is 14.2. The van der Waals surface area contributed by atoms with E-state index < -0.39 is 0 Å². The summed E-state index contributed by atoms with van der Waals surface area (Å²) in [5.74, 6) is 0. The second kappa shape index (κ2) is 14.4. The van der Waals surface area contributed by atoms with E-state index in [1.54, 1.807) is 0 Å².